The van der Waals surface area contributed by atoms with Gasteiger partial charge in [0.05, 0.1) is 4.90 Å². The number of hydrogen-bond donors (Lipinski definition) is 2. The summed E-state index contributed by atoms with van der Waals surface area (Å²) in [6.45, 7) is 8.16. The maximum Gasteiger partial charge on any atom is 0.243 e. The molecule has 0 amide bonds. The van der Waals surface area contributed by atoms with Gasteiger partial charge in [0.15, 0.2) is 5.96 Å². The molecule has 2 rings (SSSR count). The van der Waals surface area contributed by atoms with E-state index in [1.807, 2.05) is 12.1 Å². The van der Waals surface area contributed by atoms with Crippen molar-refractivity contribution in [3.8, 4) is 0 Å². The first-order chi connectivity index (χ1) is 12.4. The van der Waals surface area contributed by atoms with Gasteiger partial charge in [-0.25, -0.2) is 8.42 Å². The summed E-state index contributed by atoms with van der Waals surface area (Å²) >= 11 is 0. The molecular formula is C19H33IN4O2S. The van der Waals surface area contributed by atoms with Crippen molar-refractivity contribution >= 4 is 40.0 Å². The van der Waals surface area contributed by atoms with Crippen LogP contribution < -0.4 is 10.6 Å². The Hall–Kier alpha value is -0.870. The van der Waals surface area contributed by atoms with Gasteiger partial charge in [0.2, 0.25) is 10.0 Å². The minimum Gasteiger partial charge on any atom is -0.354 e. The molecule has 0 aromatic heterocycles. The van der Waals surface area contributed by atoms with Crippen molar-refractivity contribution in [2.45, 2.75) is 57.5 Å². The second-order valence-corrected chi connectivity index (χ2v) is 9.07. The van der Waals surface area contributed by atoms with Crippen molar-refractivity contribution in [2.24, 2.45) is 10.9 Å². The lowest BCUT2D eigenvalue weighted by Gasteiger charge is -2.30. The monoisotopic (exact) mass is 508 g/mol. The van der Waals surface area contributed by atoms with Crippen LogP contribution in [-0.4, -0.2) is 44.9 Å². The summed E-state index contributed by atoms with van der Waals surface area (Å²) in [6, 6.07) is 7.49. The topological polar surface area (TPSA) is 73.8 Å². The number of nitrogens with zero attached hydrogens (tertiary/aromatic N) is 2. The van der Waals surface area contributed by atoms with Gasteiger partial charge < -0.3 is 10.6 Å². The molecule has 8 heteroatoms. The van der Waals surface area contributed by atoms with Gasteiger partial charge in [-0.2, -0.15) is 4.31 Å². The van der Waals surface area contributed by atoms with Gasteiger partial charge in [0, 0.05) is 32.7 Å². The van der Waals surface area contributed by atoms with Crippen molar-refractivity contribution in [1.82, 2.24) is 14.9 Å². The molecule has 1 aromatic rings. The fourth-order valence-corrected chi connectivity index (χ4v) is 4.61. The van der Waals surface area contributed by atoms with E-state index in [2.05, 4.69) is 36.4 Å². The molecule has 1 aliphatic heterocycles. The van der Waals surface area contributed by atoms with Crippen LogP contribution in [0.4, 0.5) is 0 Å². The lowest BCUT2D eigenvalue weighted by Crippen LogP contribution is -2.41. The second-order valence-electron chi connectivity index (χ2n) is 7.13. The summed E-state index contributed by atoms with van der Waals surface area (Å²) < 4.78 is 27.2. The third kappa shape index (κ3) is 6.90. The third-order valence-electron chi connectivity index (χ3n) is 4.86. The molecule has 2 N–H and O–H groups in total. The Kier molecular flexibility index (Phi) is 10.0. The third-order valence-corrected chi connectivity index (χ3v) is 6.74. The molecule has 1 aliphatic rings. The van der Waals surface area contributed by atoms with E-state index in [1.165, 1.54) is 0 Å². The van der Waals surface area contributed by atoms with Gasteiger partial charge in [-0.1, -0.05) is 26.0 Å². The highest BCUT2D eigenvalue weighted by Gasteiger charge is 2.28. The molecule has 0 aliphatic carbocycles. The van der Waals surface area contributed by atoms with Gasteiger partial charge in [0.25, 0.3) is 0 Å². The number of nitrogens with one attached hydrogen (secondary N) is 2. The molecular weight excluding hydrogens is 475 g/mol. The maximum absolute atomic E-state index is 12.8. The Balaban J connectivity index is 0.00000364. The standard InChI is InChI=1S/C19H32N4O2S.HI/c1-5-16(3)22-19(20-4)21-13-17-8-10-18(11-9-17)26(24,25)23-12-6-7-15(2)14-23;/h8-11,15-16H,5-7,12-14H2,1-4H3,(H2,20,21,22);1H. The number of piperidine rings is 1. The molecule has 0 bridgehead atoms. The zero-order valence-corrected chi connectivity index (χ0v) is 19.9. The zero-order chi connectivity index (χ0) is 19.2. The van der Waals surface area contributed by atoms with Crippen molar-refractivity contribution in [3.63, 3.8) is 0 Å². The average Bonchev–Trinajstić information content (AvgIpc) is 2.65. The van der Waals surface area contributed by atoms with Crippen LogP contribution in [0.5, 0.6) is 0 Å². The molecule has 0 saturated carbocycles. The number of aliphatic imine (C=N–C) groups is 1. The van der Waals surface area contributed by atoms with Crippen LogP contribution in [0, 0.1) is 5.92 Å². The molecule has 0 spiro atoms. The predicted molar refractivity (Wildman–Crippen MR) is 122 cm³/mol. The first-order valence-electron chi connectivity index (χ1n) is 9.43. The van der Waals surface area contributed by atoms with Gasteiger partial charge in [-0.3, -0.25) is 4.99 Å². The Morgan fingerprint density at radius 3 is 2.56 bits per heavy atom. The smallest absolute Gasteiger partial charge is 0.243 e. The van der Waals surface area contributed by atoms with Crippen LogP contribution in [-0.2, 0) is 16.6 Å². The van der Waals surface area contributed by atoms with Gasteiger partial charge in [0.1, 0.15) is 0 Å². The SMILES string of the molecule is CCC(C)NC(=NC)NCc1ccc(S(=O)(=O)N2CCCC(C)C2)cc1.I. The van der Waals surface area contributed by atoms with Gasteiger partial charge in [-0.05, 0) is 49.8 Å². The molecule has 1 aromatic carbocycles. The summed E-state index contributed by atoms with van der Waals surface area (Å²) in [6.07, 6.45) is 3.05. The number of halogens is 1. The second kappa shape index (κ2) is 11.2. The number of sulfonamides is 1. The van der Waals surface area contributed by atoms with E-state index >= 15 is 0 Å². The van der Waals surface area contributed by atoms with Crippen LogP contribution in [0.3, 0.4) is 0 Å². The highest BCUT2D eigenvalue weighted by molar-refractivity contribution is 14.0. The minimum absolute atomic E-state index is 0. The van der Waals surface area contributed by atoms with Crippen molar-refractivity contribution in [1.29, 1.82) is 0 Å². The van der Waals surface area contributed by atoms with Crippen LogP contribution in [0.15, 0.2) is 34.2 Å². The number of hydrogen-bond acceptors (Lipinski definition) is 3. The highest BCUT2D eigenvalue weighted by atomic mass is 127. The summed E-state index contributed by atoms with van der Waals surface area (Å²) in [5, 5.41) is 6.56. The number of rotatable bonds is 6. The van der Waals surface area contributed by atoms with E-state index in [0.717, 1.165) is 30.8 Å². The van der Waals surface area contributed by atoms with Gasteiger partial charge >= 0.3 is 0 Å². The molecule has 0 radical (unpaired) electrons. The lowest BCUT2D eigenvalue weighted by atomic mass is 10.0. The van der Waals surface area contributed by atoms with Crippen molar-refractivity contribution in [2.75, 3.05) is 20.1 Å². The summed E-state index contributed by atoms with van der Waals surface area (Å²) in [5.74, 6) is 1.17. The van der Waals surface area contributed by atoms with Crippen LogP contribution in [0.25, 0.3) is 0 Å². The van der Waals surface area contributed by atoms with Crippen LogP contribution in [0.2, 0.25) is 0 Å². The summed E-state index contributed by atoms with van der Waals surface area (Å²) in [5.41, 5.74) is 1.02. The molecule has 27 heavy (non-hydrogen) atoms. The van der Waals surface area contributed by atoms with Crippen molar-refractivity contribution in [3.05, 3.63) is 29.8 Å². The Labute approximate surface area is 181 Å². The van der Waals surface area contributed by atoms with E-state index < -0.39 is 10.0 Å². The van der Waals surface area contributed by atoms with Crippen molar-refractivity contribution < 1.29 is 8.42 Å². The van der Waals surface area contributed by atoms with Gasteiger partial charge in [-0.15, -0.1) is 24.0 Å². The van der Waals surface area contributed by atoms with E-state index in [1.54, 1.807) is 23.5 Å². The fraction of sp³-hybridized carbons (Fsp3) is 0.632. The maximum atomic E-state index is 12.8. The fourth-order valence-electron chi connectivity index (χ4n) is 3.01. The molecule has 2 atom stereocenters. The Bertz CT molecular complexity index is 707. The van der Waals surface area contributed by atoms with E-state index in [0.29, 0.717) is 36.5 Å². The quantitative estimate of drug-likeness (QED) is 0.352. The lowest BCUT2D eigenvalue weighted by molar-refractivity contribution is 0.281. The first-order valence-corrected chi connectivity index (χ1v) is 10.9. The normalized spacial score (nSPS) is 19.9. The molecule has 1 saturated heterocycles. The average molecular weight is 508 g/mol. The Morgan fingerprint density at radius 2 is 2.00 bits per heavy atom. The minimum atomic E-state index is -3.39. The van der Waals surface area contributed by atoms with E-state index in [4.69, 9.17) is 0 Å². The highest BCUT2D eigenvalue weighted by Crippen LogP contribution is 2.23. The van der Waals surface area contributed by atoms with Crippen LogP contribution >= 0.6 is 24.0 Å². The summed E-state index contributed by atoms with van der Waals surface area (Å²) in [7, 11) is -1.65. The summed E-state index contributed by atoms with van der Waals surface area (Å²) in [4.78, 5) is 4.58. The van der Waals surface area contributed by atoms with Crippen LogP contribution in [0.1, 0.15) is 45.6 Å². The Morgan fingerprint density at radius 1 is 1.33 bits per heavy atom. The van der Waals surface area contributed by atoms with E-state index in [-0.39, 0.29) is 24.0 Å². The predicted octanol–water partition coefficient (Wildman–Crippen LogP) is 3.19. The molecule has 2 unspecified atom stereocenters. The molecule has 1 heterocycles. The molecule has 6 nitrogen and oxygen atoms in total. The zero-order valence-electron chi connectivity index (χ0n) is 16.7. The molecule has 1 fully saturated rings. The number of benzene rings is 1. The molecule has 154 valence electrons. The first kappa shape index (κ1) is 24.2. The largest absolute Gasteiger partial charge is 0.354 e. The van der Waals surface area contributed by atoms with E-state index in [9.17, 15) is 8.42 Å². The number of guanidine groups is 1.